The van der Waals surface area contributed by atoms with Gasteiger partial charge in [-0.2, -0.15) is 10.2 Å². The van der Waals surface area contributed by atoms with E-state index in [2.05, 4.69) is 28.2 Å². The first-order valence-electron chi connectivity index (χ1n) is 10.5. The van der Waals surface area contributed by atoms with Crippen molar-refractivity contribution in [3.8, 4) is 23.2 Å². The van der Waals surface area contributed by atoms with Crippen molar-refractivity contribution in [1.82, 2.24) is 15.2 Å². The normalized spacial score (nSPS) is 14.6. The summed E-state index contributed by atoms with van der Waals surface area (Å²) in [4.78, 5) is 19.1. The van der Waals surface area contributed by atoms with Crippen molar-refractivity contribution in [3.05, 3.63) is 59.2 Å². The third-order valence-electron chi connectivity index (χ3n) is 5.18. The van der Waals surface area contributed by atoms with Crippen molar-refractivity contribution in [2.45, 2.75) is 45.0 Å². The maximum atomic E-state index is 12.9. The average molecular weight is 446 g/mol. The smallest absolute Gasteiger partial charge is 0.247 e. The van der Waals surface area contributed by atoms with Crippen LogP contribution in [0.1, 0.15) is 49.6 Å². The Hall–Kier alpha value is -3.44. The third-order valence-corrected chi connectivity index (χ3v) is 6.10. The quantitative estimate of drug-likeness (QED) is 0.400. The Morgan fingerprint density at radius 3 is 2.81 bits per heavy atom. The van der Waals surface area contributed by atoms with E-state index in [0.29, 0.717) is 33.5 Å². The van der Waals surface area contributed by atoms with E-state index in [1.807, 2.05) is 31.2 Å². The van der Waals surface area contributed by atoms with Crippen LogP contribution in [0.3, 0.4) is 0 Å². The van der Waals surface area contributed by atoms with Gasteiger partial charge in [0.1, 0.15) is 0 Å². The summed E-state index contributed by atoms with van der Waals surface area (Å²) >= 11 is 1.52. The van der Waals surface area contributed by atoms with Gasteiger partial charge in [0.2, 0.25) is 23.2 Å². The largest absolute Gasteiger partial charge is 0.447 e. The van der Waals surface area contributed by atoms with E-state index >= 15 is 0 Å². The van der Waals surface area contributed by atoms with E-state index in [1.165, 1.54) is 18.7 Å². The van der Waals surface area contributed by atoms with Gasteiger partial charge in [0.25, 0.3) is 0 Å². The highest BCUT2D eigenvalue weighted by Gasteiger charge is 2.35. The Labute approximate surface area is 191 Å². The van der Waals surface area contributed by atoms with Crippen LogP contribution in [0.2, 0.25) is 0 Å². The molecule has 0 aliphatic carbocycles. The van der Waals surface area contributed by atoms with Crippen LogP contribution in [0.25, 0.3) is 11.3 Å². The van der Waals surface area contributed by atoms with Gasteiger partial charge < -0.3 is 4.74 Å². The number of amides is 1. The van der Waals surface area contributed by atoms with Crippen LogP contribution in [0.15, 0.2) is 47.6 Å². The van der Waals surface area contributed by atoms with Gasteiger partial charge in [0.05, 0.1) is 17.3 Å². The number of aryl methyl sites for hydroxylation is 1. The Bertz CT molecular complexity index is 1210. The lowest BCUT2D eigenvalue weighted by atomic mass is 10.0. The summed E-state index contributed by atoms with van der Waals surface area (Å²) in [6, 6.07) is 15.1. The highest BCUT2D eigenvalue weighted by atomic mass is 32.2. The molecule has 0 spiro atoms. The molecule has 0 radical (unpaired) electrons. The molecule has 1 atom stereocenters. The van der Waals surface area contributed by atoms with Crippen molar-refractivity contribution < 1.29 is 9.53 Å². The molecule has 0 saturated heterocycles. The minimum absolute atomic E-state index is 0.217. The first-order valence-corrected chi connectivity index (χ1v) is 11.5. The van der Waals surface area contributed by atoms with Crippen molar-refractivity contribution in [3.63, 3.8) is 0 Å². The molecule has 162 valence electrons. The number of rotatable bonds is 5. The molecule has 1 aromatic heterocycles. The Morgan fingerprint density at radius 1 is 1.25 bits per heavy atom. The first-order chi connectivity index (χ1) is 15.5. The van der Waals surface area contributed by atoms with Gasteiger partial charge in [-0.15, -0.1) is 10.2 Å². The summed E-state index contributed by atoms with van der Waals surface area (Å²) in [7, 11) is 0. The van der Waals surface area contributed by atoms with Gasteiger partial charge in [0, 0.05) is 23.8 Å². The topological polar surface area (TPSA) is 92.0 Å². The van der Waals surface area contributed by atoms with Gasteiger partial charge in [-0.1, -0.05) is 54.9 Å². The number of thioether (sulfide) groups is 1. The zero-order chi connectivity index (χ0) is 22.7. The molecule has 1 aliphatic rings. The van der Waals surface area contributed by atoms with Crippen molar-refractivity contribution in [2.75, 3.05) is 10.7 Å². The highest BCUT2D eigenvalue weighted by Crippen LogP contribution is 2.44. The molecule has 7 nitrogen and oxygen atoms in total. The van der Waals surface area contributed by atoms with Gasteiger partial charge in [-0.05, 0) is 31.5 Å². The zero-order valence-corrected chi connectivity index (χ0v) is 19.0. The molecular formula is C24H23N5O2S. The Morgan fingerprint density at radius 2 is 2.06 bits per heavy atom. The summed E-state index contributed by atoms with van der Waals surface area (Å²) in [5.74, 6) is 0.964. The number of ether oxygens (including phenoxy) is 1. The van der Waals surface area contributed by atoms with E-state index in [1.54, 1.807) is 23.1 Å². The van der Waals surface area contributed by atoms with Crippen LogP contribution < -0.4 is 9.64 Å². The predicted molar refractivity (Wildman–Crippen MR) is 123 cm³/mol. The second kappa shape index (κ2) is 9.37. The van der Waals surface area contributed by atoms with Gasteiger partial charge in [-0.25, -0.2) is 0 Å². The number of nitrogens with zero attached hydrogens (tertiary/aromatic N) is 5. The molecule has 1 aliphatic heterocycles. The highest BCUT2D eigenvalue weighted by molar-refractivity contribution is 7.99. The molecular weight excluding hydrogens is 422 g/mol. The van der Waals surface area contributed by atoms with Crippen LogP contribution in [0.5, 0.6) is 5.88 Å². The molecule has 0 saturated carbocycles. The van der Waals surface area contributed by atoms with E-state index in [0.717, 1.165) is 29.7 Å². The lowest BCUT2D eigenvalue weighted by molar-refractivity contribution is -0.118. The molecule has 0 N–H and O–H groups in total. The Balaban J connectivity index is 1.92. The zero-order valence-electron chi connectivity index (χ0n) is 18.2. The van der Waals surface area contributed by atoms with Gasteiger partial charge in [0.15, 0.2) is 5.69 Å². The first kappa shape index (κ1) is 21.8. The van der Waals surface area contributed by atoms with E-state index in [9.17, 15) is 10.1 Å². The van der Waals surface area contributed by atoms with Crippen molar-refractivity contribution >= 4 is 23.4 Å². The maximum Gasteiger partial charge on any atom is 0.247 e. The second-order valence-corrected chi connectivity index (χ2v) is 8.59. The maximum absolute atomic E-state index is 12.9. The van der Waals surface area contributed by atoms with E-state index in [-0.39, 0.29) is 5.91 Å². The van der Waals surface area contributed by atoms with E-state index in [4.69, 9.17) is 4.74 Å². The number of anilines is 1. The summed E-state index contributed by atoms with van der Waals surface area (Å²) in [6.07, 6.45) is 1.26. The minimum Gasteiger partial charge on any atom is -0.447 e. The number of aromatic nitrogens is 3. The SMILES string of the molecule is CCCCSc1nnc2c(n1)O[C@H](c1ccccc1C#N)N(C(C)=O)c1ccc(C)cc1-2. The number of unbranched alkanes of at least 4 members (excludes halogenated alkanes) is 1. The number of carbonyl (C=O) groups is 1. The minimum atomic E-state index is -0.865. The number of nitriles is 1. The van der Waals surface area contributed by atoms with Crippen LogP contribution in [-0.2, 0) is 4.79 Å². The van der Waals surface area contributed by atoms with Crippen LogP contribution in [-0.4, -0.2) is 26.8 Å². The fourth-order valence-electron chi connectivity index (χ4n) is 3.60. The average Bonchev–Trinajstić information content (AvgIpc) is 2.93. The summed E-state index contributed by atoms with van der Waals surface area (Å²) < 4.78 is 6.36. The number of carbonyl (C=O) groups excluding carboxylic acids is 1. The molecule has 0 fully saturated rings. The lowest BCUT2D eigenvalue weighted by Gasteiger charge is -2.30. The summed E-state index contributed by atoms with van der Waals surface area (Å²) in [6.45, 7) is 5.59. The third kappa shape index (κ3) is 4.16. The molecule has 0 bridgehead atoms. The fourth-order valence-corrected chi connectivity index (χ4v) is 4.47. The van der Waals surface area contributed by atoms with Crippen molar-refractivity contribution in [1.29, 1.82) is 5.26 Å². The molecule has 2 heterocycles. The molecule has 3 aromatic rings. The van der Waals surface area contributed by atoms with Crippen LogP contribution >= 0.6 is 11.8 Å². The number of benzene rings is 2. The predicted octanol–water partition coefficient (Wildman–Crippen LogP) is 5.06. The second-order valence-electron chi connectivity index (χ2n) is 7.53. The van der Waals surface area contributed by atoms with Crippen LogP contribution in [0, 0.1) is 18.3 Å². The molecule has 32 heavy (non-hydrogen) atoms. The van der Waals surface area contributed by atoms with Crippen molar-refractivity contribution in [2.24, 2.45) is 0 Å². The number of hydrogen-bond donors (Lipinski definition) is 0. The Kier molecular flexibility index (Phi) is 6.37. The fraction of sp³-hybridized carbons (Fsp3) is 0.292. The molecule has 4 rings (SSSR count). The van der Waals surface area contributed by atoms with Crippen LogP contribution in [0.4, 0.5) is 5.69 Å². The molecule has 1 amide bonds. The molecule has 0 unspecified atom stereocenters. The molecule has 2 aromatic carbocycles. The summed E-state index contributed by atoms with van der Waals surface area (Å²) in [5.41, 5.74) is 3.87. The monoisotopic (exact) mass is 445 g/mol. The standard InChI is InChI=1S/C24H23N5O2S/c1-4-5-12-32-24-26-22-21(27-28-24)19-13-15(2)10-11-20(19)29(16(3)30)23(31-22)18-9-7-6-8-17(18)14-25/h6-11,13,23H,4-5,12H2,1-3H3/t23-/m1/s1. The summed E-state index contributed by atoms with van der Waals surface area (Å²) in [5, 5.41) is 19.0. The lowest BCUT2D eigenvalue weighted by Crippen LogP contribution is -2.36. The van der Waals surface area contributed by atoms with Gasteiger partial charge >= 0.3 is 0 Å². The number of fused-ring (bicyclic) bond motifs is 3. The van der Waals surface area contributed by atoms with E-state index < -0.39 is 6.23 Å². The van der Waals surface area contributed by atoms with Gasteiger partial charge in [-0.3, -0.25) is 9.69 Å². The number of hydrogen-bond acceptors (Lipinski definition) is 7. The molecule has 8 heteroatoms.